The van der Waals surface area contributed by atoms with Crippen LogP contribution in [0.3, 0.4) is 0 Å². The van der Waals surface area contributed by atoms with Crippen LogP contribution >= 0.6 is 0 Å². The summed E-state index contributed by atoms with van der Waals surface area (Å²) in [5.41, 5.74) is 1.49. The normalized spacial score (nSPS) is 12.9. The molecule has 4 nitrogen and oxygen atoms in total. The lowest BCUT2D eigenvalue weighted by molar-refractivity contribution is -0.137. The second kappa shape index (κ2) is 9.40. The van der Waals surface area contributed by atoms with E-state index < -0.39 is 27.8 Å². The Balaban J connectivity index is 1.90. The molecule has 0 radical (unpaired) electrons. The van der Waals surface area contributed by atoms with Gasteiger partial charge in [-0.05, 0) is 54.4 Å². The van der Waals surface area contributed by atoms with Gasteiger partial charge in [-0.3, -0.25) is 4.98 Å². The third-order valence-corrected chi connectivity index (χ3v) is 6.81. The zero-order valence-corrected chi connectivity index (χ0v) is 18.9. The van der Waals surface area contributed by atoms with Crippen molar-refractivity contribution in [1.29, 1.82) is 0 Å². The smallest absolute Gasteiger partial charge is 0.256 e. The predicted octanol–water partition coefficient (Wildman–Crippen LogP) is 6.14. The molecule has 4 rings (SSSR count). The van der Waals surface area contributed by atoms with E-state index in [0.29, 0.717) is 16.8 Å². The molecule has 0 amide bonds. The number of benzene rings is 3. The number of halogens is 3. The molecular formula is C26H21F3N2O2S. The van der Waals surface area contributed by atoms with Crippen LogP contribution in [0.2, 0.25) is 0 Å². The molecule has 8 heteroatoms. The summed E-state index contributed by atoms with van der Waals surface area (Å²) < 4.78 is 69.8. The van der Waals surface area contributed by atoms with E-state index in [0.717, 1.165) is 17.7 Å². The Bertz CT molecular complexity index is 1370. The minimum Gasteiger partial charge on any atom is -0.256 e. The van der Waals surface area contributed by atoms with E-state index in [4.69, 9.17) is 0 Å². The fraction of sp³-hybridized carbons (Fsp3) is 0.115. The highest BCUT2D eigenvalue weighted by Crippen LogP contribution is 2.37. The molecule has 0 aliphatic carbocycles. The van der Waals surface area contributed by atoms with Gasteiger partial charge in [-0.15, -0.1) is 0 Å². The monoisotopic (exact) mass is 482 g/mol. The van der Waals surface area contributed by atoms with Crippen molar-refractivity contribution in [2.45, 2.75) is 24.0 Å². The molecule has 0 bridgehead atoms. The standard InChI is InChI=1S/C26H21F3N2O2S/c1-18-10-13-21(14-11-18)34(32,33)31-25(19-7-3-2-4-8-19)22-15-12-20(26(27,28)29)17-23(22)24-9-5-6-16-30-24/h2-17,25,31H,1H3. The van der Waals surface area contributed by atoms with Crippen molar-refractivity contribution in [2.75, 3.05) is 0 Å². The van der Waals surface area contributed by atoms with Gasteiger partial charge in [0.1, 0.15) is 0 Å². The Hall–Kier alpha value is -3.49. The fourth-order valence-electron chi connectivity index (χ4n) is 3.63. The number of aromatic nitrogens is 1. The number of pyridine rings is 1. The van der Waals surface area contributed by atoms with Gasteiger partial charge < -0.3 is 0 Å². The van der Waals surface area contributed by atoms with Gasteiger partial charge in [-0.2, -0.15) is 17.9 Å². The second-order valence-corrected chi connectivity index (χ2v) is 9.51. The molecule has 174 valence electrons. The zero-order chi connectivity index (χ0) is 24.3. The molecule has 1 N–H and O–H groups in total. The summed E-state index contributed by atoms with van der Waals surface area (Å²) in [5, 5.41) is 0. The molecular weight excluding hydrogens is 461 g/mol. The summed E-state index contributed by atoms with van der Waals surface area (Å²) in [4.78, 5) is 4.29. The SMILES string of the molecule is Cc1ccc(S(=O)(=O)NC(c2ccccc2)c2ccc(C(F)(F)F)cc2-c2ccccn2)cc1. The first-order chi connectivity index (χ1) is 16.1. The van der Waals surface area contributed by atoms with Gasteiger partial charge in [0.25, 0.3) is 0 Å². The summed E-state index contributed by atoms with van der Waals surface area (Å²) >= 11 is 0. The first-order valence-corrected chi connectivity index (χ1v) is 11.9. The van der Waals surface area contributed by atoms with Gasteiger partial charge in [-0.1, -0.05) is 60.2 Å². The first kappa shape index (κ1) is 23.7. The molecule has 0 saturated carbocycles. The molecule has 4 aromatic rings. The molecule has 0 spiro atoms. The number of aryl methyl sites for hydroxylation is 1. The minimum atomic E-state index is -4.56. The Morgan fingerprint density at radius 2 is 1.53 bits per heavy atom. The third-order valence-electron chi connectivity index (χ3n) is 5.37. The molecule has 34 heavy (non-hydrogen) atoms. The Morgan fingerprint density at radius 3 is 2.15 bits per heavy atom. The maximum absolute atomic E-state index is 13.5. The largest absolute Gasteiger partial charge is 0.416 e. The molecule has 1 aromatic heterocycles. The van der Waals surface area contributed by atoms with Gasteiger partial charge in [0, 0.05) is 11.8 Å². The van der Waals surface area contributed by atoms with Gasteiger partial charge in [0.15, 0.2) is 0 Å². The topological polar surface area (TPSA) is 59.1 Å². The van der Waals surface area contributed by atoms with Crippen molar-refractivity contribution < 1.29 is 21.6 Å². The van der Waals surface area contributed by atoms with E-state index in [1.807, 2.05) is 6.92 Å². The van der Waals surface area contributed by atoms with Gasteiger partial charge in [0.2, 0.25) is 10.0 Å². The van der Waals surface area contributed by atoms with Crippen LogP contribution in [0.15, 0.2) is 102 Å². The Labute approximate surface area is 196 Å². The fourth-order valence-corrected chi connectivity index (χ4v) is 4.83. The Morgan fingerprint density at radius 1 is 0.853 bits per heavy atom. The van der Waals surface area contributed by atoms with E-state index >= 15 is 0 Å². The summed E-state index contributed by atoms with van der Waals surface area (Å²) in [7, 11) is -4.00. The predicted molar refractivity (Wildman–Crippen MR) is 124 cm³/mol. The van der Waals surface area contributed by atoms with Crippen LogP contribution in [-0.2, 0) is 16.2 Å². The molecule has 0 fully saturated rings. The lowest BCUT2D eigenvalue weighted by Gasteiger charge is -2.23. The van der Waals surface area contributed by atoms with Gasteiger partial charge in [-0.25, -0.2) is 8.42 Å². The van der Waals surface area contributed by atoms with Crippen LogP contribution in [0.4, 0.5) is 13.2 Å². The van der Waals surface area contributed by atoms with Crippen molar-refractivity contribution in [3.63, 3.8) is 0 Å². The highest BCUT2D eigenvalue weighted by Gasteiger charge is 2.33. The molecule has 1 atom stereocenters. The van der Waals surface area contributed by atoms with Crippen molar-refractivity contribution >= 4 is 10.0 Å². The molecule has 1 heterocycles. The summed E-state index contributed by atoms with van der Waals surface area (Å²) in [5.74, 6) is 0. The number of alkyl halides is 3. The van der Waals surface area contributed by atoms with E-state index in [-0.39, 0.29) is 10.5 Å². The molecule has 0 aliphatic heterocycles. The zero-order valence-electron chi connectivity index (χ0n) is 18.1. The summed E-state index contributed by atoms with van der Waals surface area (Å²) in [6, 6.07) is 22.3. The van der Waals surface area contributed by atoms with Crippen LogP contribution < -0.4 is 4.72 Å². The van der Waals surface area contributed by atoms with Crippen molar-refractivity contribution in [3.8, 4) is 11.3 Å². The number of sulfonamides is 1. The number of nitrogens with zero attached hydrogens (tertiary/aromatic N) is 1. The molecule has 3 aromatic carbocycles. The highest BCUT2D eigenvalue weighted by molar-refractivity contribution is 7.89. The number of hydrogen-bond acceptors (Lipinski definition) is 3. The van der Waals surface area contributed by atoms with Crippen LogP contribution in [0, 0.1) is 6.92 Å². The van der Waals surface area contributed by atoms with Gasteiger partial charge >= 0.3 is 6.18 Å². The van der Waals surface area contributed by atoms with Crippen LogP contribution in [-0.4, -0.2) is 13.4 Å². The van der Waals surface area contributed by atoms with E-state index in [1.165, 1.54) is 24.4 Å². The second-order valence-electron chi connectivity index (χ2n) is 7.79. The summed E-state index contributed by atoms with van der Waals surface area (Å²) in [6.07, 6.45) is -3.08. The quantitative estimate of drug-likeness (QED) is 0.359. The number of rotatable bonds is 6. The summed E-state index contributed by atoms with van der Waals surface area (Å²) in [6.45, 7) is 1.85. The van der Waals surface area contributed by atoms with Gasteiger partial charge in [0.05, 0.1) is 22.2 Å². The first-order valence-electron chi connectivity index (χ1n) is 10.4. The van der Waals surface area contributed by atoms with Crippen LogP contribution in [0.25, 0.3) is 11.3 Å². The lowest BCUT2D eigenvalue weighted by atomic mass is 9.92. The van der Waals surface area contributed by atoms with E-state index in [1.54, 1.807) is 60.7 Å². The average molecular weight is 483 g/mol. The maximum atomic E-state index is 13.5. The highest BCUT2D eigenvalue weighted by atomic mass is 32.2. The Kier molecular flexibility index (Phi) is 6.54. The minimum absolute atomic E-state index is 0.0605. The maximum Gasteiger partial charge on any atom is 0.416 e. The van der Waals surface area contributed by atoms with Crippen molar-refractivity contribution in [3.05, 3.63) is 119 Å². The number of hydrogen-bond donors (Lipinski definition) is 1. The van der Waals surface area contributed by atoms with E-state index in [9.17, 15) is 21.6 Å². The van der Waals surface area contributed by atoms with E-state index in [2.05, 4.69) is 9.71 Å². The van der Waals surface area contributed by atoms with Crippen molar-refractivity contribution in [1.82, 2.24) is 9.71 Å². The van der Waals surface area contributed by atoms with Crippen molar-refractivity contribution in [2.24, 2.45) is 0 Å². The van der Waals surface area contributed by atoms with Crippen LogP contribution in [0.1, 0.15) is 28.3 Å². The van der Waals surface area contributed by atoms with Crippen LogP contribution in [0.5, 0.6) is 0 Å². The molecule has 1 unspecified atom stereocenters. The number of nitrogens with one attached hydrogen (secondary N) is 1. The third kappa shape index (κ3) is 5.18. The lowest BCUT2D eigenvalue weighted by Crippen LogP contribution is -2.30. The molecule has 0 aliphatic rings. The average Bonchev–Trinajstić information content (AvgIpc) is 2.83. The molecule has 0 saturated heterocycles.